The summed E-state index contributed by atoms with van der Waals surface area (Å²) in [5.74, 6) is -0.809. The highest BCUT2D eigenvalue weighted by atomic mass is 32.2. The van der Waals surface area contributed by atoms with Gasteiger partial charge < -0.3 is 0 Å². The second-order valence-corrected chi connectivity index (χ2v) is 9.04. The summed E-state index contributed by atoms with van der Waals surface area (Å²) in [7, 11) is -3.84. The van der Waals surface area contributed by atoms with Gasteiger partial charge >= 0.3 is 6.18 Å². The van der Waals surface area contributed by atoms with E-state index in [2.05, 4.69) is 15.6 Å². The molecule has 0 unspecified atom stereocenters. The molecule has 3 aromatic rings. The zero-order valence-electron chi connectivity index (χ0n) is 15.7. The molecule has 0 saturated heterocycles. The molecule has 0 atom stereocenters. The maximum Gasteiger partial charge on any atom is 0.416 e. The van der Waals surface area contributed by atoms with Crippen molar-refractivity contribution in [2.24, 2.45) is 0 Å². The average molecular weight is 486 g/mol. The molecular weight excluding hydrogens is 473 g/mol. The molecule has 32 heavy (non-hydrogen) atoms. The molecular formula is C18H13F3N4O5S2. The Morgan fingerprint density at radius 2 is 1.81 bits per heavy atom. The number of nitrogens with one attached hydrogen (secondary N) is 3. The summed E-state index contributed by atoms with van der Waals surface area (Å²) in [5.41, 5.74) is 1.95. The van der Waals surface area contributed by atoms with Gasteiger partial charge in [-0.1, -0.05) is 12.1 Å². The molecule has 0 aliphatic rings. The molecule has 14 heteroatoms. The summed E-state index contributed by atoms with van der Waals surface area (Å²) < 4.78 is 65.3. The number of alkyl halides is 3. The fourth-order valence-electron chi connectivity index (χ4n) is 2.51. The Labute approximate surface area is 183 Å². The highest BCUT2D eigenvalue weighted by Gasteiger charge is 2.33. The van der Waals surface area contributed by atoms with Crippen LogP contribution in [0.25, 0.3) is 0 Å². The van der Waals surface area contributed by atoms with Crippen molar-refractivity contribution >= 4 is 44.3 Å². The van der Waals surface area contributed by atoms with Gasteiger partial charge in [-0.3, -0.25) is 30.5 Å². The van der Waals surface area contributed by atoms with Crippen molar-refractivity contribution in [3.8, 4) is 0 Å². The third kappa shape index (κ3) is 5.33. The summed E-state index contributed by atoms with van der Waals surface area (Å²) in [6, 6.07) is 10.1. The van der Waals surface area contributed by atoms with E-state index in [1.165, 1.54) is 30.3 Å². The first-order valence-electron chi connectivity index (χ1n) is 8.56. The van der Waals surface area contributed by atoms with Crippen molar-refractivity contribution in [2.45, 2.75) is 10.4 Å². The van der Waals surface area contributed by atoms with Crippen LogP contribution in [-0.2, 0) is 16.2 Å². The van der Waals surface area contributed by atoms with Crippen LogP contribution in [0.4, 0.5) is 30.2 Å². The number of nitrogens with zero attached hydrogens (tertiary/aromatic N) is 1. The SMILES string of the molecule is O=C(NNc1ccc(C(F)(F)F)cc1[N+](=O)[O-])c1cccc(NS(=O)(=O)c2cccs2)c1. The van der Waals surface area contributed by atoms with Crippen molar-refractivity contribution in [1.82, 2.24) is 5.43 Å². The van der Waals surface area contributed by atoms with Crippen molar-refractivity contribution in [3.05, 3.63) is 81.2 Å². The van der Waals surface area contributed by atoms with Crippen molar-refractivity contribution < 1.29 is 31.3 Å². The van der Waals surface area contributed by atoms with Crippen LogP contribution in [0.1, 0.15) is 15.9 Å². The number of halogens is 3. The molecule has 1 heterocycles. The minimum absolute atomic E-state index is 0.0153. The summed E-state index contributed by atoms with van der Waals surface area (Å²) in [5, 5.41) is 12.7. The van der Waals surface area contributed by atoms with Gasteiger partial charge in [-0.25, -0.2) is 8.42 Å². The summed E-state index contributed by atoms with van der Waals surface area (Å²) in [6.07, 6.45) is -4.77. The number of amides is 1. The highest BCUT2D eigenvalue weighted by molar-refractivity contribution is 7.94. The minimum atomic E-state index is -4.77. The number of carbonyl (C=O) groups excluding carboxylic acids is 1. The highest BCUT2D eigenvalue weighted by Crippen LogP contribution is 2.34. The van der Waals surface area contributed by atoms with Gasteiger partial charge in [-0.15, -0.1) is 11.3 Å². The van der Waals surface area contributed by atoms with Crippen LogP contribution < -0.4 is 15.6 Å². The van der Waals surface area contributed by atoms with Crippen molar-refractivity contribution in [3.63, 3.8) is 0 Å². The van der Waals surface area contributed by atoms with Crippen LogP contribution in [0, 0.1) is 10.1 Å². The first kappa shape index (κ1) is 23.0. The monoisotopic (exact) mass is 486 g/mol. The van der Waals surface area contributed by atoms with E-state index in [0.717, 1.165) is 17.4 Å². The van der Waals surface area contributed by atoms with Crippen LogP contribution in [-0.4, -0.2) is 19.2 Å². The molecule has 0 bridgehead atoms. The predicted octanol–water partition coefficient (Wildman–Crippen LogP) is 4.23. The largest absolute Gasteiger partial charge is 0.416 e. The number of benzene rings is 2. The number of hydrogen-bond acceptors (Lipinski definition) is 7. The van der Waals surface area contributed by atoms with Gasteiger partial charge in [0.2, 0.25) is 0 Å². The third-order valence-electron chi connectivity index (χ3n) is 3.97. The molecule has 168 valence electrons. The van der Waals surface area contributed by atoms with Crippen LogP contribution >= 0.6 is 11.3 Å². The second kappa shape index (κ2) is 8.84. The lowest BCUT2D eigenvalue weighted by Crippen LogP contribution is -2.29. The molecule has 0 aliphatic carbocycles. The zero-order valence-corrected chi connectivity index (χ0v) is 17.3. The molecule has 0 spiro atoms. The molecule has 0 fully saturated rings. The number of sulfonamides is 1. The standard InChI is InChI=1S/C18H13F3N4O5S2/c19-18(20,21)12-6-7-14(15(10-12)25(27)28)22-23-17(26)11-3-1-4-13(9-11)24-32(29,30)16-5-2-8-31-16/h1-10,22,24H,(H,23,26). The molecule has 1 amide bonds. The Balaban J connectivity index is 1.75. The van der Waals surface area contributed by atoms with Crippen molar-refractivity contribution in [1.29, 1.82) is 0 Å². The number of rotatable bonds is 7. The van der Waals surface area contributed by atoms with Crippen LogP contribution in [0.5, 0.6) is 0 Å². The Bertz CT molecular complexity index is 1260. The molecule has 1 aromatic heterocycles. The fraction of sp³-hybridized carbons (Fsp3) is 0.0556. The quantitative estimate of drug-likeness (QED) is 0.338. The summed E-state index contributed by atoms with van der Waals surface area (Å²) in [6.45, 7) is 0. The van der Waals surface area contributed by atoms with E-state index in [-0.39, 0.29) is 21.1 Å². The van der Waals surface area contributed by atoms with Crippen molar-refractivity contribution in [2.75, 3.05) is 10.1 Å². The number of nitro benzene ring substituents is 1. The number of hydrogen-bond donors (Lipinski definition) is 3. The smallest absolute Gasteiger partial charge is 0.292 e. The molecule has 0 saturated carbocycles. The van der Waals surface area contributed by atoms with E-state index in [0.29, 0.717) is 12.1 Å². The zero-order chi connectivity index (χ0) is 23.5. The Morgan fingerprint density at radius 3 is 2.44 bits per heavy atom. The second-order valence-electron chi connectivity index (χ2n) is 6.18. The average Bonchev–Trinajstić information content (AvgIpc) is 3.27. The van der Waals surface area contributed by atoms with Crippen LogP contribution in [0.3, 0.4) is 0 Å². The van der Waals surface area contributed by atoms with Gasteiger partial charge in [0.15, 0.2) is 0 Å². The molecule has 3 rings (SSSR count). The van der Waals surface area contributed by atoms with Gasteiger partial charge in [0.05, 0.1) is 10.5 Å². The number of anilines is 2. The normalized spacial score (nSPS) is 11.6. The number of hydrazine groups is 1. The molecule has 0 radical (unpaired) electrons. The van der Waals surface area contributed by atoms with Gasteiger partial charge in [-0.2, -0.15) is 13.2 Å². The fourth-order valence-corrected chi connectivity index (χ4v) is 4.55. The Hall–Kier alpha value is -3.65. The molecule has 0 aliphatic heterocycles. The van der Waals surface area contributed by atoms with E-state index in [9.17, 15) is 36.5 Å². The molecule has 3 N–H and O–H groups in total. The van der Waals surface area contributed by atoms with E-state index in [1.54, 1.807) is 11.4 Å². The lowest BCUT2D eigenvalue weighted by Gasteiger charge is -2.12. The van der Waals surface area contributed by atoms with Crippen LogP contribution in [0.2, 0.25) is 0 Å². The summed E-state index contributed by atoms with van der Waals surface area (Å²) >= 11 is 1.01. The number of nitro groups is 1. The van der Waals surface area contributed by atoms with E-state index < -0.39 is 38.3 Å². The van der Waals surface area contributed by atoms with Crippen LogP contribution in [0.15, 0.2) is 64.2 Å². The molecule has 2 aromatic carbocycles. The first-order valence-corrected chi connectivity index (χ1v) is 10.9. The number of thiophene rings is 1. The van der Waals surface area contributed by atoms with Gasteiger partial charge in [-0.05, 0) is 41.8 Å². The summed E-state index contributed by atoms with van der Waals surface area (Å²) in [4.78, 5) is 22.5. The Kier molecular flexibility index (Phi) is 6.36. The third-order valence-corrected chi connectivity index (χ3v) is 6.75. The first-order chi connectivity index (χ1) is 15.0. The van der Waals surface area contributed by atoms with Gasteiger partial charge in [0, 0.05) is 17.3 Å². The van der Waals surface area contributed by atoms with E-state index >= 15 is 0 Å². The number of carbonyl (C=O) groups is 1. The van der Waals surface area contributed by atoms with Gasteiger partial charge in [0.1, 0.15) is 9.90 Å². The lowest BCUT2D eigenvalue weighted by atomic mass is 10.1. The minimum Gasteiger partial charge on any atom is -0.292 e. The Morgan fingerprint density at radius 1 is 1.06 bits per heavy atom. The maximum absolute atomic E-state index is 12.8. The van der Waals surface area contributed by atoms with Gasteiger partial charge in [0.25, 0.3) is 21.6 Å². The topological polar surface area (TPSA) is 130 Å². The van der Waals surface area contributed by atoms with E-state index in [4.69, 9.17) is 0 Å². The molecule has 9 nitrogen and oxygen atoms in total. The van der Waals surface area contributed by atoms with E-state index in [1.807, 2.05) is 0 Å². The maximum atomic E-state index is 12.8. The predicted molar refractivity (Wildman–Crippen MR) is 111 cm³/mol. The lowest BCUT2D eigenvalue weighted by molar-refractivity contribution is -0.384.